The van der Waals surface area contributed by atoms with Crippen LogP contribution in [0.4, 0.5) is 18.9 Å². The van der Waals surface area contributed by atoms with E-state index >= 15 is 0 Å². The van der Waals surface area contributed by atoms with Gasteiger partial charge in [-0.15, -0.1) is 0 Å². The molecule has 1 aromatic carbocycles. The highest BCUT2D eigenvalue weighted by Gasteiger charge is 2.30. The van der Waals surface area contributed by atoms with Gasteiger partial charge in [0.25, 0.3) is 0 Å². The predicted molar refractivity (Wildman–Crippen MR) is 56.4 cm³/mol. The fraction of sp³-hybridized carbons (Fsp3) is 0.364. The Morgan fingerprint density at radius 3 is 2.65 bits per heavy atom. The summed E-state index contributed by atoms with van der Waals surface area (Å²) in [5, 5.41) is 10.8. The zero-order chi connectivity index (χ0) is 12.9. The number of carbonyl (C=O) groups is 1. The van der Waals surface area contributed by atoms with Crippen molar-refractivity contribution < 1.29 is 23.1 Å². The topological polar surface area (TPSA) is 49.3 Å². The van der Waals surface area contributed by atoms with E-state index < -0.39 is 17.6 Å². The molecule has 0 aliphatic rings. The van der Waals surface area contributed by atoms with Crippen LogP contribution in [-0.4, -0.2) is 17.6 Å². The number of amides is 1. The summed E-state index contributed by atoms with van der Waals surface area (Å²) >= 11 is 0. The molecule has 0 heterocycles. The zero-order valence-corrected chi connectivity index (χ0v) is 8.92. The van der Waals surface area contributed by atoms with Crippen molar-refractivity contribution in [3.05, 3.63) is 29.8 Å². The molecule has 0 aliphatic carbocycles. The van der Waals surface area contributed by atoms with Gasteiger partial charge in [-0.05, 0) is 24.6 Å². The highest BCUT2D eigenvalue weighted by atomic mass is 19.4. The zero-order valence-electron chi connectivity index (χ0n) is 8.92. The van der Waals surface area contributed by atoms with Gasteiger partial charge in [0, 0.05) is 18.7 Å². The predicted octanol–water partition coefficient (Wildman–Crippen LogP) is 2.42. The Balaban J connectivity index is 2.69. The van der Waals surface area contributed by atoms with Gasteiger partial charge in [0.15, 0.2) is 0 Å². The Bertz CT molecular complexity index is 391. The van der Waals surface area contributed by atoms with Crippen molar-refractivity contribution in [1.29, 1.82) is 0 Å². The number of aliphatic hydroxyl groups is 1. The van der Waals surface area contributed by atoms with Gasteiger partial charge in [-0.3, -0.25) is 4.79 Å². The fourth-order valence-corrected chi connectivity index (χ4v) is 1.24. The van der Waals surface area contributed by atoms with E-state index in [-0.39, 0.29) is 25.1 Å². The first kappa shape index (κ1) is 13.5. The SMILES string of the molecule is O=C(CCCO)Nc1cccc(C(F)(F)F)c1. The maximum absolute atomic E-state index is 12.4. The smallest absolute Gasteiger partial charge is 0.396 e. The molecule has 1 amide bonds. The first-order chi connectivity index (χ1) is 7.93. The van der Waals surface area contributed by atoms with Crippen molar-refractivity contribution in [2.75, 3.05) is 11.9 Å². The first-order valence-electron chi connectivity index (χ1n) is 5.01. The summed E-state index contributed by atoms with van der Waals surface area (Å²) in [6, 6.07) is 4.41. The van der Waals surface area contributed by atoms with Gasteiger partial charge in [-0.2, -0.15) is 13.2 Å². The Morgan fingerprint density at radius 1 is 1.35 bits per heavy atom. The molecule has 17 heavy (non-hydrogen) atoms. The molecular weight excluding hydrogens is 235 g/mol. The average molecular weight is 247 g/mol. The Labute approximate surface area is 96.3 Å². The van der Waals surface area contributed by atoms with Gasteiger partial charge in [-0.1, -0.05) is 6.07 Å². The molecule has 2 N–H and O–H groups in total. The maximum atomic E-state index is 12.4. The number of hydrogen-bond acceptors (Lipinski definition) is 2. The minimum absolute atomic E-state index is 0.0761. The van der Waals surface area contributed by atoms with Crippen molar-refractivity contribution in [3.8, 4) is 0 Å². The summed E-state index contributed by atoms with van der Waals surface area (Å²) in [5.74, 6) is -0.418. The largest absolute Gasteiger partial charge is 0.416 e. The molecule has 0 atom stereocenters. The number of halogens is 3. The molecule has 1 rings (SSSR count). The standard InChI is InChI=1S/C11H12F3NO2/c12-11(13,14)8-3-1-4-9(7-8)15-10(17)5-2-6-16/h1,3-4,7,16H,2,5-6H2,(H,15,17). The molecule has 6 heteroatoms. The summed E-state index contributed by atoms with van der Waals surface area (Å²) < 4.78 is 37.1. The van der Waals surface area contributed by atoms with Crippen LogP contribution in [-0.2, 0) is 11.0 Å². The fourth-order valence-electron chi connectivity index (χ4n) is 1.24. The lowest BCUT2D eigenvalue weighted by atomic mass is 10.2. The lowest BCUT2D eigenvalue weighted by Crippen LogP contribution is -2.13. The molecule has 0 bridgehead atoms. The number of aliphatic hydroxyl groups excluding tert-OH is 1. The van der Waals surface area contributed by atoms with E-state index in [0.717, 1.165) is 12.1 Å². The molecule has 0 spiro atoms. The first-order valence-corrected chi connectivity index (χ1v) is 5.01. The molecule has 0 fully saturated rings. The van der Waals surface area contributed by atoms with E-state index in [2.05, 4.69) is 5.32 Å². The number of hydrogen-bond donors (Lipinski definition) is 2. The molecule has 3 nitrogen and oxygen atoms in total. The number of anilines is 1. The Morgan fingerprint density at radius 2 is 2.06 bits per heavy atom. The van der Waals surface area contributed by atoms with Crippen molar-refractivity contribution in [1.82, 2.24) is 0 Å². The molecule has 0 saturated carbocycles. The van der Waals surface area contributed by atoms with Gasteiger partial charge in [0.05, 0.1) is 5.56 Å². The van der Waals surface area contributed by atoms with Crippen LogP contribution in [0.15, 0.2) is 24.3 Å². The van der Waals surface area contributed by atoms with Gasteiger partial charge in [-0.25, -0.2) is 0 Å². The van der Waals surface area contributed by atoms with Gasteiger partial charge < -0.3 is 10.4 Å². The van der Waals surface area contributed by atoms with Crippen LogP contribution >= 0.6 is 0 Å². The second-order valence-electron chi connectivity index (χ2n) is 3.45. The van der Waals surface area contributed by atoms with Crippen molar-refractivity contribution in [2.24, 2.45) is 0 Å². The van der Waals surface area contributed by atoms with Crippen molar-refractivity contribution in [3.63, 3.8) is 0 Å². The van der Waals surface area contributed by atoms with Crippen molar-refractivity contribution >= 4 is 11.6 Å². The summed E-state index contributed by atoms with van der Waals surface area (Å²) in [5.41, 5.74) is -0.708. The summed E-state index contributed by atoms with van der Waals surface area (Å²) in [4.78, 5) is 11.2. The third kappa shape index (κ3) is 4.44. The van der Waals surface area contributed by atoms with E-state index in [9.17, 15) is 18.0 Å². The van der Waals surface area contributed by atoms with Crippen molar-refractivity contribution in [2.45, 2.75) is 19.0 Å². The highest BCUT2D eigenvalue weighted by molar-refractivity contribution is 5.90. The van der Waals surface area contributed by atoms with Gasteiger partial charge in [0.1, 0.15) is 0 Å². The Hall–Kier alpha value is -1.56. The molecule has 0 unspecified atom stereocenters. The lowest BCUT2D eigenvalue weighted by molar-refractivity contribution is -0.137. The average Bonchev–Trinajstić information content (AvgIpc) is 2.25. The molecule has 0 radical (unpaired) electrons. The van der Waals surface area contributed by atoms with E-state index in [1.807, 2.05) is 0 Å². The second kappa shape index (κ2) is 5.67. The Kier molecular flexibility index (Phi) is 4.51. The van der Waals surface area contributed by atoms with Crippen LogP contribution in [0.1, 0.15) is 18.4 Å². The van der Waals surface area contributed by atoms with E-state index in [1.54, 1.807) is 0 Å². The van der Waals surface area contributed by atoms with Gasteiger partial charge >= 0.3 is 6.18 Å². The van der Waals surface area contributed by atoms with E-state index in [0.29, 0.717) is 0 Å². The van der Waals surface area contributed by atoms with Crippen LogP contribution < -0.4 is 5.32 Å². The number of alkyl halides is 3. The maximum Gasteiger partial charge on any atom is 0.416 e. The van der Waals surface area contributed by atoms with Crippen LogP contribution in [0, 0.1) is 0 Å². The van der Waals surface area contributed by atoms with E-state index in [4.69, 9.17) is 5.11 Å². The summed E-state index contributed by atoms with van der Waals surface area (Å²) in [7, 11) is 0. The molecule has 0 saturated heterocycles. The van der Waals surface area contributed by atoms with Crippen LogP contribution in [0.25, 0.3) is 0 Å². The molecule has 1 aromatic rings. The van der Waals surface area contributed by atoms with E-state index in [1.165, 1.54) is 12.1 Å². The lowest BCUT2D eigenvalue weighted by Gasteiger charge is -2.09. The quantitative estimate of drug-likeness (QED) is 0.858. The summed E-state index contributed by atoms with van der Waals surface area (Å²) in [6.45, 7) is -0.129. The normalized spacial score (nSPS) is 11.3. The molecule has 0 aliphatic heterocycles. The van der Waals surface area contributed by atoms with Crippen LogP contribution in [0.2, 0.25) is 0 Å². The molecular formula is C11H12F3NO2. The third-order valence-electron chi connectivity index (χ3n) is 2.04. The number of nitrogens with one attached hydrogen (secondary N) is 1. The van der Waals surface area contributed by atoms with Gasteiger partial charge in [0.2, 0.25) is 5.91 Å². The summed E-state index contributed by atoms with van der Waals surface area (Å²) in [6.07, 6.45) is -4.07. The number of benzene rings is 1. The number of carbonyl (C=O) groups excluding carboxylic acids is 1. The monoisotopic (exact) mass is 247 g/mol. The highest BCUT2D eigenvalue weighted by Crippen LogP contribution is 2.30. The molecule has 94 valence electrons. The van der Waals surface area contributed by atoms with Crippen LogP contribution in [0.5, 0.6) is 0 Å². The second-order valence-corrected chi connectivity index (χ2v) is 3.45. The third-order valence-corrected chi connectivity index (χ3v) is 2.04. The molecule has 0 aromatic heterocycles. The van der Waals surface area contributed by atoms with Crippen LogP contribution in [0.3, 0.4) is 0 Å². The minimum Gasteiger partial charge on any atom is -0.396 e. The number of rotatable bonds is 4. The minimum atomic E-state index is -4.42.